The molecule has 3 N–H and O–H groups in total. The Kier molecular flexibility index (Phi) is 16.7. The van der Waals surface area contributed by atoms with Crippen molar-refractivity contribution in [2.24, 2.45) is 5.92 Å². The quantitative estimate of drug-likeness (QED) is 0.209. The van der Waals surface area contributed by atoms with Crippen LogP contribution in [0.15, 0.2) is 12.2 Å². The molecular formula is C25H48O5. The van der Waals surface area contributed by atoms with E-state index in [4.69, 9.17) is 9.47 Å². The topological polar surface area (TPSA) is 79.2 Å². The molecule has 0 aromatic rings. The van der Waals surface area contributed by atoms with Crippen LogP contribution in [0.25, 0.3) is 0 Å². The Labute approximate surface area is 184 Å². The summed E-state index contributed by atoms with van der Waals surface area (Å²) >= 11 is 0. The Balaban J connectivity index is 1.90. The van der Waals surface area contributed by atoms with E-state index in [0.29, 0.717) is 6.61 Å². The van der Waals surface area contributed by atoms with Crippen LogP contribution in [0.5, 0.6) is 0 Å². The molecular weight excluding hydrogens is 380 g/mol. The van der Waals surface area contributed by atoms with Crippen LogP contribution in [0, 0.1) is 5.92 Å². The monoisotopic (exact) mass is 428 g/mol. The van der Waals surface area contributed by atoms with Crippen molar-refractivity contribution in [1.82, 2.24) is 0 Å². The van der Waals surface area contributed by atoms with Crippen molar-refractivity contribution in [3.8, 4) is 0 Å². The Morgan fingerprint density at radius 3 is 1.87 bits per heavy atom. The largest absolute Gasteiger partial charge is 0.394 e. The van der Waals surface area contributed by atoms with Crippen LogP contribution >= 0.6 is 0 Å². The molecule has 1 heterocycles. The van der Waals surface area contributed by atoms with Gasteiger partial charge in [0.2, 0.25) is 0 Å². The van der Waals surface area contributed by atoms with Gasteiger partial charge < -0.3 is 24.8 Å². The van der Waals surface area contributed by atoms with Gasteiger partial charge in [-0.25, -0.2) is 0 Å². The summed E-state index contributed by atoms with van der Waals surface area (Å²) < 4.78 is 11.3. The molecule has 0 spiro atoms. The maximum atomic E-state index is 10.0. The molecule has 1 rings (SSSR count). The molecule has 1 aliphatic heterocycles. The maximum absolute atomic E-state index is 10.0. The minimum Gasteiger partial charge on any atom is -0.394 e. The summed E-state index contributed by atoms with van der Waals surface area (Å²) in [5.74, 6) is -0.308. The fourth-order valence-electron chi connectivity index (χ4n) is 3.96. The zero-order valence-corrected chi connectivity index (χ0v) is 19.5. The first-order valence-corrected chi connectivity index (χ1v) is 12.5. The lowest BCUT2D eigenvalue weighted by Gasteiger charge is -2.40. The van der Waals surface area contributed by atoms with Crippen molar-refractivity contribution in [3.63, 3.8) is 0 Å². The van der Waals surface area contributed by atoms with E-state index in [1.54, 1.807) is 6.92 Å². The summed E-state index contributed by atoms with van der Waals surface area (Å²) in [6.07, 6.45) is 19.2. The number of aliphatic hydroxyl groups excluding tert-OH is 3. The fraction of sp³-hybridized carbons (Fsp3) is 0.920. The van der Waals surface area contributed by atoms with Crippen LogP contribution in [0.1, 0.15) is 104 Å². The average molecular weight is 429 g/mol. The number of hydrogen-bond acceptors (Lipinski definition) is 5. The second-order valence-corrected chi connectivity index (χ2v) is 8.87. The number of ether oxygens (including phenoxy) is 2. The van der Waals surface area contributed by atoms with Crippen LogP contribution in [0.4, 0.5) is 0 Å². The molecule has 3 unspecified atom stereocenters. The molecule has 30 heavy (non-hydrogen) atoms. The van der Waals surface area contributed by atoms with Crippen LogP contribution < -0.4 is 0 Å². The van der Waals surface area contributed by atoms with E-state index in [1.165, 1.54) is 77.0 Å². The first-order valence-electron chi connectivity index (χ1n) is 12.5. The SMILES string of the molecule is CCCCCCCC/C=C\CCCCCCCCO[C@@H]1OC(CO)[C@@H](O)C(O)C1C. The predicted octanol–water partition coefficient (Wildman–Crippen LogP) is 5.12. The Morgan fingerprint density at radius 2 is 1.30 bits per heavy atom. The number of rotatable bonds is 18. The van der Waals surface area contributed by atoms with Gasteiger partial charge >= 0.3 is 0 Å². The van der Waals surface area contributed by atoms with Crippen LogP contribution in [-0.4, -0.2) is 53.1 Å². The Hall–Kier alpha value is -0.460. The molecule has 1 aliphatic rings. The van der Waals surface area contributed by atoms with E-state index in [1.807, 2.05) is 0 Å². The smallest absolute Gasteiger partial charge is 0.163 e. The normalized spacial score (nSPS) is 27.2. The maximum Gasteiger partial charge on any atom is 0.163 e. The van der Waals surface area contributed by atoms with Crippen LogP contribution in [0.2, 0.25) is 0 Å². The number of hydrogen-bond donors (Lipinski definition) is 3. The zero-order valence-electron chi connectivity index (χ0n) is 19.5. The van der Waals surface area contributed by atoms with Gasteiger partial charge in [-0.2, -0.15) is 0 Å². The Bertz CT molecular complexity index is 412. The summed E-state index contributed by atoms with van der Waals surface area (Å²) in [4.78, 5) is 0. The standard InChI is InChI=1S/C25H48O5/c1-3-4-5-6-7-8-9-10-11-12-13-14-15-16-17-18-19-29-25-21(2)23(27)24(28)22(20-26)30-25/h10-11,21-28H,3-9,12-20H2,1-2H3/b11-10-/t21?,22?,23?,24-,25-/m1/s1. The first-order chi connectivity index (χ1) is 14.6. The number of aliphatic hydroxyl groups is 3. The molecule has 5 heteroatoms. The van der Waals surface area contributed by atoms with Gasteiger partial charge in [0.25, 0.3) is 0 Å². The van der Waals surface area contributed by atoms with E-state index >= 15 is 0 Å². The molecule has 0 bridgehead atoms. The van der Waals surface area contributed by atoms with E-state index in [-0.39, 0.29) is 12.5 Å². The molecule has 1 fully saturated rings. The molecule has 0 aromatic heterocycles. The third kappa shape index (κ3) is 11.8. The zero-order chi connectivity index (χ0) is 22.0. The lowest BCUT2D eigenvalue weighted by Crippen LogP contribution is -2.55. The Morgan fingerprint density at radius 1 is 0.767 bits per heavy atom. The van der Waals surface area contributed by atoms with Crippen molar-refractivity contribution in [3.05, 3.63) is 12.2 Å². The highest BCUT2D eigenvalue weighted by Gasteiger charge is 2.42. The molecule has 5 nitrogen and oxygen atoms in total. The van der Waals surface area contributed by atoms with Crippen LogP contribution in [-0.2, 0) is 9.47 Å². The van der Waals surface area contributed by atoms with Gasteiger partial charge in [0.1, 0.15) is 12.2 Å². The lowest BCUT2D eigenvalue weighted by atomic mass is 9.92. The van der Waals surface area contributed by atoms with Crippen molar-refractivity contribution in [2.75, 3.05) is 13.2 Å². The molecule has 1 saturated heterocycles. The van der Waals surface area contributed by atoms with Gasteiger partial charge in [-0.3, -0.25) is 0 Å². The average Bonchev–Trinajstić information content (AvgIpc) is 2.75. The van der Waals surface area contributed by atoms with Crippen molar-refractivity contribution in [2.45, 2.75) is 128 Å². The summed E-state index contributed by atoms with van der Waals surface area (Å²) in [7, 11) is 0. The molecule has 0 radical (unpaired) electrons. The van der Waals surface area contributed by atoms with E-state index in [0.717, 1.165) is 12.8 Å². The lowest BCUT2D eigenvalue weighted by molar-refractivity contribution is -0.282. The molecule has 0 aliphatic carbocycles. The highest BCUT2D eigenvalue weighted by molar-refractivity contribution is 4.86. The predicted molar refractivity (Wildman–Crippen MR) is 122 cm³/mol. The van der Waals surface area contributed by atoms with Crippen molar-refractivity contribution in [1.29, 1.82) is 0 Å². The number of unbranched alkanes of at least 4 members (excludes halogenated alkanes) is 12. The second kappa shape index (κ2) is 18.1. The van der Waals surface area contributed by atoms with Crippen molar-refractivity contribution < 1.29 is 24.8 Å². The summed E-state index contributed by atoms with van der Waals surface area (Å²) in [5, 5.41) is 29.1. The van der Waals surface area contributed by atoms with Gasteiger partial charge in [0.15, 0.2) is 6.29 Å². The molecule has 0 amide bonds. The second-order valence-electron chi connectivity index (χ2n) is 8.87. The third-order valence-corrected chi connectivity index (χ3v) is 6.13. The fourth-order valence-corrected chi connectivity index (χ4v) is 3.96. The summed E-state index contributed by atoms with van der Waals surface area (Å²) in [6.45, 7) is 4.32. The van der Waals surface area contributed by atoms with Gasteiger partial charge in [-0.1, -0.05) is 83.8 Å². The summed E-state index contributed by atoms with van der Waals surface area (Å²) in [5.41, 5.74) is 0. The molecule has 0 saturated carbocycles. The van der Waals surface area contributed by atoms with Crippen LogP contribution in [0.3, 0.4) is 0 Å². The van der Waals surface area contributed by atoms with Gasteiger partial charge in [-0.15, -0.1) is 0 Å². The molecule has 5 atom stereocenters. The third-order valence-electron chi connectivity index (χ3n) is 6.13. The minimum atomic E-state index is -1.06. The number of allylic oxidation sites excluding steroid dienone is 2. The molecule has 0 aromatic carbocycles. The van der Waals surface area contributed by atoms with Gasteiger partial charge in [0, 0.05) is 12.5 Å². The van der Waals surface area contributed by atoms with E-state index in [2.05, 4.69) is 19.1 Å². The van der Waals surface area contributed by atoms with Crippen molar-refractivity contribution >= 4 is 0 Å². The summed E-state index contributed by atoms with van der Waals surface area (Å²) in [6, 6.07) is 0. The van der Waals surface area contributed by atoms with Gasteiger partial charge in [-0.05, 0) is 32.1 Å². The van der Waals surface area contributed by atoms with Gasteiger partial charge in [0.05, 0.1) is 12.7 Å². The van der Waals surface area contributed by atoms with E-state index < -0.39 is 24.6 Å². The molecule has 178 valence electrons. The highest BCUT2D eigenvalue weighted by atomic mass is 16.7. The first kappa shape index (κ1) is 27.6. The van der Waals surface area contributed by atoms with E-state index in [9.17, 15) is 15.3 Å². The minimum absolute atomic E-state index is 0.308. The highest BCUT2D eigenvalue weighted by Crippen LogP contribution is 2.26.